The highest BCUT2D eigenvalue weighted by atomic mass is 127. The van der Waals surface area contributed by atoms with Gasteiger partial charge in [0.25, 0.3) is 5.91 Å². The van der Waals surface area contributed by atoms with Gasteiger partial charge in [-0.15, -0.1) is 10.2 Å². The molecule has 33 heavy (non-hydrogen) atoms. The van der Waals surface area contributed by atoms with Crippen LogP contribution in [0.15, 0.2) is 30.6 Å². The Morgan fingerprint density at radius 2 is 2.12 bits per heavy atom. The number of hydrogen-bond acceptors (Lipinski definition) is 6. The largest absolute Gasteiger partial charge is 0.346 e. The number of unbranched alkanes of at least 4 members (excludes halogenated alkanes) is 1. The van der Waals surface area contributed by atoms with Gasteiger partial charge in [0.1, 0.15) is 0 Å². The Bertz CT molecular complexity index is 1280. The number of rotatable bonds is 9. The third kappa shape index (κ3) is 5.21. The number of fused-ring (bicyclic) bond motifs is 1. The zero-order chi connectivity index (χ0) is 22.8. The minimum absolute atomic E-state index is 0.239. The average Bonchev–Trinajstić information content (AvgIpc) is 3.47. The quantitative estimate of drug-likeness (QED) is 0.240. The summed E-state index contributed by atoms with van der Waals surface area (Å²) in [7, 11) is 0. The molecule has 0 bridgehead atoms. The molecular weight excluding hydrogens is 531 g/mol. The first-order valence-electron chi connectivity index (χ1n) is 11.2. The number of nitrogens with zero attached hydrogens (tertiary/aromatic N) is 6. The number of carbonyl (C=O) groups excluding carboxylic acids is 1. The average molecular weight is 556 g/mol. The van der Waals surface area contributed by atoms with Crippen molar-refractivity contribution in [2.75, 3.05) is 0 Å². The topological polar surface area (TPSA) is 114 Å². The Balaban J connectivity index is 1.09. The van der Waals surface area contributed by atoms with Crippen LogP contribution in [0.1, 0.15) is 64.7 Å². The molecule has 0 saturated heterocycles. The van der Waals surface area contributed by atoms with Gasteiger partial charge in [-0.1, -0.05) is 11.3 Å². The number of aromatic amines is 1. The molecule has 1 amide bonds. The van der Waals surface area contributed by atoms with Gasteiger partial charge in [-0.25, -0.2) is 0 Å². The van der Waals surface area contributed by atoms with Gasteiger partial charge < -0.3 is 10.3 Å². The lowest BCUT2D eigenvalue weighted by molar-refractivity contribution is 0.0946. The molecule has 1 aliphatic carbocycles. The molecule has 0 atom stereocenters. The molecule has 1 fully saturated rings. The number of carbonyl (C=O) groups is 1. The Morgan fingerprint density at radius 3 is 2.91 bits per heavy atom. The van der Waals surface area contributed by atoms with Gasteiger partial charge in [0.2, 0.25) is 0 Å². The molecule has 0 radical (unpaired) electrons. The van der Waals surface area contributed by atoms with E-state index < -0.39 is 0 Å². The molecule has 2 N–H and O–H groups in total. The van der Waals surface area contributed by atoms with Gasteiger partial charge in [-0.05, 0) is 79.3 Å². The molecule has 170 valence electrons. The van der Waals surface area contributed by atoms with E-state index >= 15 is 0 Å². The lowest BCUT2D eigenvalue weighted by Crippen LogP contribution is -2.23. The van der Waals surface area contributed by atoms with Gasteiger partial charge in [-0.2, -0.15) is 5.10 Å². The standard InChI is InChI=1S/C23H25IN8O/c1-14-5-6-15(11-25-14)12-26-23(33)19-13-32(31-29-19)9-3-2-4-17-10-18-20(24)21(16-7-8-16)27-22(18)30-28-17/h5-6,10-11,13,16H,2-4,7-9,12H2,1H3,(H,26,33)(H,27,30). The Hall–Kier alpha value is -2.89. The molecule has 10 heteroatoms. The van der Waals surface area contributed by atoms with Crippen molar-refractivity contribution in [1.29, 1.82) is 0 Å². The summed E-state index contributed by atoms with van der Waals surface area (Å²) in [4.78, 5) is 20.0. The van der Waals surface area contributed by atoms with E-state index in [-0.39, 0.29) is 5.91 Å². The van der Waals surface area contributed by atoms with Crippen molar-refractivity contribution in [2.45, 2.75) is 58.0 Å². The number of aryl methyl sites for hydroxylation is 3. The molecule has 4 heterocycles. The first-order valence-corrected chi connectivity index (χ1v) is 12.3. The highest BCUT2D eigenvalue weighted by Gasteiger charge is 2.28. The Labute approximate surface area is 204 Å². The van der Waals surface area contributed by atoms with Gasteiger partial charge in [0.05, 0.1) is 11.9 Å². The molecular formula is C23H25IN8O. The summed E-state index contributed by atoms with van der Waals surface area (Å²) in [6.07, 6.45) is 8.70. The number of amides is 1. The summed E-state index contributed by atoms with van der Waals surface area (Å²) in [6.45, 7) is 3.04. The maximum atomic E-state index is 12.3. The first-order chi connectivity index (χ1) is 16.1. The van der Waals surface area contributed by atoms with E-state index in [4.69, 9.17) is 0 Å². The third-order valence-corrected chi connectivity index (χ3v) is 6.99. The Morgan fingerprint density at radius 1 is 1.24 bits per heavy atom. The summed E-state index contributed by atoms with van der Waals surface area (Å²) in [5, 5.41) is 20.9. The van der Waals surface area contributed by atoms with Crippen LogP contribution in [0.25, 0.3) is 11.0 Å². The number of hydrogen-bond donors (Lipinski definition) is 2. The number of aromatic nitrogens is 7. The maximum Gasteiger partial charge on any atom is 0.273 e. The minimum Gasteiger partial charge on any atom is -0.346 e. The molecule has 0 unspecified atom stereocenters. The second kappa shape index (κ2) is 9.54. The van der Waals surface area contributed by atoms with E-state index in [1.165, 1.54) is 27.5 Å². The van der Waals surface area contributed by atoms with Crippen LogP contribution in [-0.2, 0) is 19.5 Å². The van der Waals surface area contributed by atoms with Crippen LogP contribution in [0.5, 0.6) is 0 Å². The van der Waals surface area contributed by atoms with Crippen molar-refractivity contribution in [3.05, 3.63) is 62.5 Å². The summed E-state index contributed by atoms with van der Waals surface area (Å²) in [5.41, 5.74) is 5.42. The van der Waals surface area contributed by atoms with Crippen LogP contribution >= 0.6 is 22.6 Å². The van der Waals surface area contributed by atoms with Crippen LogP contribution < -0.4 is 5.32 Å². The van der Waals surface area contributed by atoms with Gasteiger partial charge in [-0.3, -0.25) is 14.5 Å². The fourth-order valence-corrected chi connectivity index (χ4v) is 4.75. The molecule has 0 aromatic carbocycles. The zero-order valence-electron chi connectivity index (χ0n) is 18.4. The van der Waals surface area contributed by atoms with E-state index in [1.54, 1.807) is 17.1 Å². The van der Waals surface area contributed by atoms with E-state index in [2.05, 4.69) is 64.5 Å². The molecule has 5 rings (SSSR count). The van der Waals surface area contributed by atoms with Gasteiger partial charge >= 0.3 is 0 Å². The lowest BCUT2D eigenvalue weighted by Gasteiger charge is -2.03. The van der Waals surface area contributed by atoms with Crippen LogP contribution in [0.3, 0.4) is 0 Å². The van der Waals surface area contributed by atoms with E-state index in [1.807, 2.05) is 19.1 Å². The number of H-pyrrole nitrogens is 1. The van der Waals surface area contributed by atoms with Crippen LogP contribution in [-0.4, -0.2) is 41.1 Å². The summed E-state index contributed by atoms with van der Waals surface area (Å²) in [6, 6.07) is 6.03. The van der Waals surface area contributed by atoms with Crippen LogP contribution in [0.2, 0.25) is 0 Å². The maximum absolute atomic E-state index is 12.3. The van der Waals surface area contributed by atoms with Gasteiger partial charge in [0.15, 0.2) is 11.3 Å². The second-order valence-corrected chi connectivity index (χ2v) is 9.62. The lowest BCUT2D eigenvalue weighted by atomic mass is 10.1. The smallest absolute Gasteiger partial charge is 0.273 e. The van der Waals surface area contributed by atoms with E-state index in [0.29, 0.717) is 24.7 Å². The number of halogens is 1. The van der Waals surface area contributed by atoms with Crippen LogP contribution in [0, 0.1) is 10.5 Å². The SMILES string of the molecule is Cc1ccc(CNC(=O)c2cn(CCCCc3cc4c(I)c(C5CC5)[nH]c4nn3)nn2)cn1. The monoisotopic (exact) mass is 556 g/mol. The van der Waals surface area contributed by atoms with E-state index in [9.17, 15) is 4.79 Å². The second-order valence-electron chi connectivity index (χ2n) is 8.54. The minimum atomic E-state index is -0.239. The summed E-state index contributed by atoms with van der Waals surface area (Å²) in [5.74, 6) is 0.431. The highest BCUT2D eigenvalue weighted by molar-refractivity contribution is 14.1. The Kier molecular flexibility index (Phi) is 6.34. The molecule has 4 aromatic heterocycles. The van der Waals surface area contributed by atoms with Gasteiger partial charge in [0, 0.05) is 45.5 Å². The van der Waals surface area contributed by atoms with Crippen molar-refractivity contribution in [3.8, 4) is 0 Å². The van der Waals surface area contributed by atoms with Crippen molar-refractivity contribution >= 4 is 39.5 Å². The predicted molar refractivity (Wildman–Crippen MR) is 132 cm³/mol. The van der Waals surface area contributed by atoms with Crippen molar-refractivity contribution in [1.82, 2.24) is 40.5 Å². The molecule has 0 aliphatic heterocycles. The summed E-state index contributed by atoms with van der Waals surface area (Å²) < 4.78 is 3.00. The number of pyridine rings is 1. The van der Waals surface area contributed by atoms with Crippen molar-refractivity contribution < 1.29 is 4.79 Å². The first kappa shape index (κ1) is 21.9. The van der Waals surface area contributed by atoms with E-state index in [0.717, 1.165) is 41.9 Å². The fourth-order valence-electron chi connectivity index (χ4n) is 3.76. The third-order valence-electron chi connectivity index (χ3n) is 5.82. The van der Waals surface area contributed by atoms with Crippen molar-refractivity contribution in [3.63, 3.8) is 0 Å². The molecule has 9 nitrogen and oxygen atoms in total. The predicted octanol–water partition coefficient (Wildman–Crippen LogP) is 3.69. The molecule has 0 spiro atoms. The molecule has 1 aliphatic rings. The molecule has 4 aromatic rings. The van der Waals surface area contributed by atoms with Crippen LogP contribution in [0.4, 0.5) is 0 Å². The van der Waals surface area contributed by atoms with Crippen molar-refractivity contribution in [2.24, 2.45) is 0 Å². The fraction of sp³-hybridized carbons (Fsp3) is 0.391. The molecule has 1 saturated carbocycles. The zero-order valence-corrected chi connectivity index (χ0v) is 20.5. The summed E-state index contributed by atoms with van der Waals surface area (Å²) >= 11 is 2.42. The number of nitrogens with one attached hydrogen (secondary N) is 2. The normalized spacial score (nSPS) is 13.5. The highest BCUT2D eigenvalue weighted by Crippen LogP contribution is 2.43.